The van der Waals surface area contributed by atoms with E-state index in [9.17, 15) is 9.18 Å². The summed E-state index contributed by atoms with van der Waals surface area (Å²) in [5.74, 6) is 0.992. The predicted molar refractivity (Wildman–Crippen MR) is 96.4 cm³/mol. The van der Waals surface area contributed by atoms with Crippen LogP contribution in [0.3, 0.4) is 0 Å². The van der Waals surface area contributed by atoms with Crippen LogP contribution < -0.4 is 10.1 Å². The van der Waals surface area contributed by atoms with Gasteiger partial charge in [-0.1, -0.05) is 29.8 Å². The van der Waals surface area contributed by atoms with Crippen LogP contribution in [0.25, 0.3) is 0 Å². The third-order valence-corrected chi connectivity index (χ3v) is 3.67. The van der Waals surface area contributed by atoms with Crippen molar-refractivity contribution in [3.8, 4) is 11.5 Å². The molecule has 0 aliphatic rings. The number of aryl methyl sites for hydroxylation is 1. The first-order valence-electron chi connectivity index (χ1n) is 7.97. The lowest BCUT2D eigenvalue weighted by Crippen LogP contribution is -2.14. The number of ether oxygens (including phenoxy) is 1. The van der Waals surface area contributed by atoms with Crippen LogP contribution in [-0.4, -0.2) is 5.91 Å². The molecule has 0 aliphatic carbocycles. The number of hydrogen-bond acceptors (Lipinski definition) is 2. The number of anilines is 1. The van der Waals surface area contributed by atoms with Crippen molar-refractivity contribution in [1.29, 1.82) is 0 Å². The maximum absolute atomic E-state index is 12.9. The van der Waals surface area contributed by atoms with Gasteiger partial charge in [0.1, 0.15) is 17.3 Å². The molecule has 0 bridgehead atoms. The number of amides is 1. The Hall–Kier alpha value is -3.14. The van der Waals surface area contributed by atoms with Crippen LogP contribution in [-0.2, 0) is 11.2 Å². The zero-order chi connectivity index (χ0) is 17.6. The zero-order valence-corrected chi connectivity index (χ0v) is 13.8. The van der Waals surface area contributed by atoms with Crippen molar-refractivity contribution in [3.05, 3.63) is 89.7 Å². The van der Waals surface area contributed by atoms with Gasteiger partial charge in [-0.3, -0.25) is 4.79 Å². The maximum Gasteiger partial charge on any atom is 0.228 e. The molecule has 3 aromatic rings. The fourth-order valence-electron chi connectivity index (χ4n) is 2.34. The van der Waals surface area contributed by atoms with Crippen molar-refractivity contribution in [2.24, 2.45) is 0 Å². The second kappa shape index (κ2) is 7.62. The van der Waals surface area contributed by atoms with Crippen LogP contribution in [0.5, 0.6) is 11.5 Å². The third-order valence-electron chi connectivity index (χ3n) is 3.67. The lowest BCUT2D eigenvalue weighted by Gasteiger charge is -2.08. The van der Waals surface area contributed by atoms with Gasteiger partial charge in [0.2, 0.25) is 5.91 Å². The minimum atomic E-state index is -0.312. The maximum atomic E-state index is 12.9. The molecule has 0 atom stereocenters. The van der Waals surface area contributed by atoms with Gasteiger partial charge in [0.25, 0.3) is 0 Å². The molecule has 0 spiro atoms. The average molecular weight is 335 g/mol. The van der Waals surface area contributed by atoms with E-state index in [0.717, 1.165) is 11.3 Å². The minimum absolute atomic E-state index is 0.154. The smallest absolute Gasteiger partial charge is 0.228 e. The number of carbonyl (C=O) groups excluding carboxylic acids is 1. The van der Waals surface area contributed by atoms with Gasteiger partial charge in [-0.15, -0.1) is 0 Å². The van der Waals surface area contributed by atoms with Crippen LogP contribution in [0.15, 0.2) is 72.8 Å². The van der Waals surface area contributed by atoms with E-state index in [1.54, 1.807) is 36.4 Å². The third kappa shape index (κ3) is 4.91. The lowest BCUT2D eigenvalue weighted by atomic mass is 10.1. The summed E-state index contributed by atoms with van der Waals surface area (Å²) in [6.45, 7) is 2.02. The molecule has 25 heavy (non-hydrogen) atoms. The molecule has 126 valence electrons. The number of hydrogen-bond donors (Lipinski definition) is 1. The van der Waals surface area contributed by atoms with Gasteiger partial charge in [0.05, 0.1) is 6.42 Å². The standard InChI is InChI=1S/C21H18FNO2/c1-15-2-10-19(11-3-15)25-20-12-8-18(9-13-20)23-21(24)14-16-4-6-17(22)7-5-16/h2-13H,14H2,1H3,(H,23,24). The van der Waals surface area contributed by atoms with Crippen LogP contribution in [0.1, 0.15) is 11.1 Å². The number of rotatable bonds is 5. The van der Waals surface area contributed by atoms with E-state index in [4.69, 9.17) is 4.74 Å². The number of nitrogens with one attached hydrogen (secondary N) is 1. The summed E-state index contributed by atoms with van der Waals surface area (Å²) in [7, 11) is 0. The summed E-state index contributed by atoms with van der Waals surface area (Å²) in [6.07, 6.45) is 0.196. The van der Waals surface area contributed by atoms with Gasteiger partial charge in [0, 0.05) is 5.69 Å². The summed E-state index contributed by atoms with van der Waals surface area (Å²) < 4.78 is 18.6. The highest BCUT2D eigenvalue weighted by Gasteiger charge is 2.05. The van der Waals surface area contributed by atoms with E-state index in [1.165, 1.54) is 17.7 Å². The summed E-state index contributed by atoms with van der Waals surface area (Å²) in [5.41, 5.74) is 2.62. The summed E-state index contributed by atoms with van der Waals surface area (Å²) in [5, 5.41) is 2.82. The quantitative estimate of drug-likeness (QED) is 0.704. The lowest BCUT2D eigenvalue weighted by molar-refractivity contribution is -0.115. The van der Waals surface area contributed by atoms with Crippen LogP contribution in [0.4, 0.5) is 10.1 Å². The molecular formula is C21H18FNO2. The molecule has 3 aromatic carbocycles. The molecule has 3 rings (SSSR count). The van der Waals surface area contributed by atoms with Gasteiger partial charge in [0.15, 0.2) is 0 Å². The van der Waals surface area contributed by atoms with Gasteiger partial charge < -0.3 is 10.1 Å². The van der Waals surface area contributed by atoms with E-state index >= 15 is 0 Å². The van der Waals surface area contributed by atoms with E-state index in [1.807, 2.05) is 31.2 Å². The normalized spacial score (nSPS) is 10.3. The van der Waals surface area contributed by atoms with E-state index < -0.39 is 0 Å². The number of halogens is 1. The predicted octanol–water partition coefficient (Wildman–Crippen LogP) is 5.11. The highest BCUT2D eigenvalue weighted by atomic mass is 19.1. The zero-order valence-electron chi connectivity index (χ0n) is 13.8. The van der Waals surface area contributed by atoms with Crippen molar-refractivity contribution in [1.82, 2.24) is 0 Å². The number of benzene rings is 3. The molecule has 0 aromatic heterocycles. The molecule has 1 N–H and O–H groups in total. The minimum Gasteiger partial charge on any atom is -0.457 e. The van der Waals surface area contributed by atoms with Crippen molar-refractivity contribution in [2.75, 3.05) is 5.32 Å². The molecule has 4 heteroatoms. The van der Waals surface area contributed by atoms with E-state index in [2.05, 4.69) is 5.32 Å². The molecule has 0 saturated heterocycles. The number of carbonyl (C=O) groups is 1. The monoisotopic (exact) mass is 335 g/mol. The molecule has 0 saturated carbocycles. The van der Waals surface area contributed by atoms with Crippen molar-refractivity contribution < 1.29 is 13.9 Å². The summed E-state index contributed by atoms with van der Waals surface area (Å²) >= 11 is 0. The SMILES string of the molecule is Cc1ccc(Oc2ccc(NC(=O)Cc3ccc(F)cc3)cc2)cc1. The van der Waals surface area contributed by atoms with Crippen molar-refractivity contribution >= 4 is 11.6 Å². The Morgan fingerprint density at radius 3 is 2.04 bits per heavy atom. The van der Waals surface area contributed by atoms with Gasteiger partial charge >= 0.3 is 0 Å². The Kier molecular flexibility index (Phi) is 5.09. The Bertz CT molecular complexity index is 841. The molecular weight excluding hydrogens is 317 g/mol. The molecule has 1 amide bonds. The first kappa shape index (κ1) is 16.7. The second-order valence-electron chi connectivity index (χ2n) is 5.79. The van der Waals surface area contributed by atoms with Crippen molar-refractivity contribution in [2.45, 2.75) is 13.3 Å². The summed E-state index contributed by atoms with van der Waals surface area (Å²) in [6, 6.07) is 20.9. The molecule has 0 unspecified atom stereocenters. The largest absolute Gasteiger partial charge is 0.457 e. The molecule has 0 aliphatic heterocycles. The topological polar surface area (TPSA) is 38.3 Å². The first-order chi connectivity index (χ1) is 12.1. The Labute approximate surface area is 146 Å². The van der Waals surface area contributed by atoms with Gasteiger partial charge in [-0.05, 0) is 61.0 Å². The molecule has 0 radical (unpaired) electrons. The van der Waals surface area contributed by atoms with Crippen LogP contribution >= 0.6 is 0 Å². The Morgan fingerprint density at radius 1 is 0.880 bits per heavy atom. The molecule has 0 heterocycles. The van der Waals surface area contributed by atoms with E-state index in [0.29, 0.717) is 11.4 Å². The fourth-order valence-corrected chi connectivity index (χ4v) is 2.34. The molecule has 3 nitrogen and oxygen atoms in total. The molecule has 0 fully saturated rings. The van der Waals surface area contributed by atoms with Crippen molar-refractivity contribution in [3.63, 3.8) is 0 Å². The second-order valence-corrected chi connectivity index (χ2v) is 5.79. The highest BCUT2D eigenvalue weighted by Crippen LogP contribution is 2.23. The Morgan fingerprint density at radius 2 is 1.44 bits per heavy atom. The van der Waals surface area contributed by atoms with Gasteiger partial charge in [-0.25, -0.2) is 4.39 Å². The first-order valence-corrected chi connectivity index (χ1v) is 7.97. The van der Waals surface area contributed by atoms with Gasteiger partial charge in [-0.2, -0.15) is 0 Å². The van der Waals surface area contributed by atoms with Crippen LogP contribution in [0, 0.1) is 12.7 Å². The summed E-state index contributed by atoms with van der Waals surface area (Å²) in [4.78, 5) is 12.0. The van der Waals surface area contributed by atoms with E-state index in [-0.39, 0.29) is 18.1 Å². The fraction of sp³-hybridized carbons (Fsp3) is 0.0952. The highest BCUT2D eigenvalue weighted by molar-refractivity contribution is 5.92. The average Bonchev–Trinajstić information content (AvgIpc) is 2.61. The van der Waals surface area contributed by atoms with Crippen LogP contribution in [0.2, 0.25) is 0 Å². The Balaban J connectivity index is 1.57.